The zero-order chi connectivity index (χ0) is 12.3. The fraction of sp³-hybridized carbons (Fsp3) is 0.154. The molecule has 1 aromatic heterocycles. The highest BCUT2D eigenvalue weighted by molar-refractivity contribution is 7.07. The number of thiophene rings is 1. The molecule has 4 heteroatoms. The summed E-state index contributed by atoms with van der Waals surface area (Å²) in [6.45, 7) is 0.654. The van der Waals surface area contributed by atoms with Gasteiger partial charge in [-0.3, -0.25) is 4.79 Å². The van der Waals surface area contributed by atoms with Crippen LogP contribution in [0.15, 0.2) is 35.0 Å². The van der Waals surface area contributed by atoms with Gasteiger partial charge in [0.2, 0.25) is 0 Å². The van der Waals surface area contributed by atoms with Crippen LogP contribution in [0.5, 0.6) is 0 Å². The maximum absolute atomic E-state index is 13.7. The van der Waals surface area contributed by atoms with Crippen molar-refractivity contribution >= 4 is 23.3 Å². The van der Waals surface area contributed by atoms with Crippen molar-refractivity contribution in [1.82, 2.24) is 0 Å². The topological polar surface area (TPSA) is 20.3 Å². The molecule has 1 aromatic carbocycles. The molecule has 2 rings (SSSR count). The quantitative estimate of drug-likeness (QED) is 0.775. The standard InChI is InChI=1S/C13H12FNOS/c1-15(7-11-4-5-17-9-11)13-3-2-10(8-16)6-12(13)14/h2-6,8-9H,7H2,1H3. The normalized spacial score (nSPS) is 10.2. The van der Waals surface area contributed by atoms with Crippen LogP contribution in [0.1, 0.15) is 15.9 Å². The molecule has 0 saturated carbocycles. The first kappa shape index (κ1) is 11.8. The molecule has 2 aromatic rings. The third-order valence-electron chi connectivity index (χ3n) is 2.52. The molecular weight excluding hydrogens is 237 g/mol. The summed E-state index contributed by atoms with van der Waals surface area (Å²) in [7, 11) is 1.83. The lowest BCUT2D eigenvalue weighted by atomic mass is 10.2. The summed E-state index contributed by atoms with van der Waals surface area (Å²) < 4.78 is 13.7. The SMILES string of the molecule is CN(Cc1ccsc1)c1ccc(C=O)cc1F. The first-order valence-corrected chi connectivity index (χ1v) is 6.12. The van der Waals surface area contributed by atoms with Crippen molar-refractivity contribution in [3.8, 4) is 0 Å². The van der Waals surface area contributed by atoms with Gasteiger partial charge in [-0.25, -0.2) is 4.39 Å². The van der Waals surface area contributed by atoms with E-state index in [2.05, 4.69) is 0 Å². The van der Waals surface area contributed by atoms with E-state index in [4.69, 9.17) is 0 Å². The summed E-state index contributed by atoms with van der Waals surface area (Å²) in [4.78, 5) is 12.3. The Morgan fingerprint density at radius 3 is 2.82 bits per heavy atom. The van der Waals surface area contributed by atoms with Crippen molar-refractivity contribution < 1.29 is 9.18 Å². The lowest BCUT2D eigenvalue weighted by molar-refractivity contribution is 0.112. The number of carbonyl (C=O) groups excluding carboxylic acids is 1. The molecule has 0 amide bonds. The Morgan fingerprint density at radius 1 is 1.41 bits per heavy atom. The molecule has 88 valence electrons. The molecule has 0 fully saturated rings. The number of nitrogens with zero attached hydrogens (tertiary/aromatic N) is 1. The summed E-state index contributed by atoms with van der Waals surface area (Å²) in [6, 6.07) is 6.52. The van der Waals surface area contributed by atoms with Gasteiger partial charge in [0.1, 0.15) is 12.1 Å². The summed E-state index contributed by atoms with van der Waals surface area (Å²) in [5.74, 6) is -0.368. The van der Waals surface area contributed by atoms with Crippen LogP contribution in [-0.4, -0.2) is 13.3 Å². The van der Waals surface area contributed by atoms with Crippen LogP contribution >= 0.6 is 11.3 Å². The molecule has 0 aliphatic carbocycles. The molecule has 0 aliphatic rings. The Hall–Kier alpha value is -1.68. The summed E-state index contributed by atoms with van der Waals surface area (Å²) >= 11 is 1.62. The van der Waals surface area contributed by atoms with Crippen molar-refractivity contribution in [2.45, 2.75) is 6.54 Å². The highest BCUT2D eigenvalue weighted by Crippen LogP contribution is 2.21. The predicted molar refractivity (Wildman–Crippen MR) is 68.2 cm³/mol. The largest absolute Gasteiger partial charge is 0.368 e. The van der Waals surface area contributed by atoms with Gasteiger partial charge in [-0.1, -0.05) is 0 Å². The summed E-state index contributed by atoms with van der Waals surface area (Å²) in [6.07, 6.45) is 0.645. The molecule has 0 spiro atoms. The summed E-state index contributed by atoms with van der Waals surface area (Å²) in [5, 5.41) is 4.03. The minimum atomic E-state index is -0.368. The minimum Gasteiger partial charge on any atom is -0.368 e. The van der Waals surface area contributed by atoms with Gasteiger partial charge in [0, 0.05) is 19.2 Å². The molecule has 0 saturated heterocycles. The first-order chi connectivity index (χ1) is 8.20. The Balaban J connectivity index is 2.19. The lowest BCUT2D eigenvalue weighted by Gasteiger charge is -2.19. The molecule has 0 atom stereocenters. The van der Waals surface area contributed by atoms with E-state index in [9.17, 15) is 9.18 Å². The smallest absolute Gasteiger partial charge is 0.150 e. The predicted octanol–water partition coefficient (Wildman–Crippen LogP) is 3.34. The maximum atomic E-state index is 13.7. The van der Waals surface area contributed by atoms with Gasteiger partial charge >= 0.3 is 0 Å². The van der Waals surface area contributed by atoms with Gasteiger partial charge in [-0.2, -0.15) is 11.3 Å². The lowest BCUT2D eigenvalue weighted by Crippen LogP contribution is -2.17. The molecule has 0 aliphatic heterocycles. The van der Waals surface area contributed by atoms with E-state index < -0.39 is 0 Å². The highest BCUT2D eigenvalue weighted by Gasteiger charge is 2.08. The molecule has 2 nitrogen and oxygen atoms in total. The molecular formula is C13H12FNOS. The third-order valence-corrected chi connectivity index (χ3v) is 3.25. The number of aldehydes is 1. The fourth-order valence-electron chi connectivity index (χ4n) is 1.65. The van der Waals surface area contributed by atoms with E-state index in [0.717, 1.165) is 5.56 Å². The van der Waals surface area contributed by atoms with Crippen LogP contribution in [0.3, 0.4) is 0 Å². The van der Waals surface area contributed by atoms with E-state index in [1.54, 1.807) is 23.5 Å². The zero-order valence-corrected chi connectivity index (χ0v) is 10.2. The van der Waals surface area contributed by atoms with Gasteiger partial charge in [-0.05, 0) is 40.6 Å². The Morgan fingerprint density at radius 2 is 2.24 bits per heavy atom. The van der Waals surface area contributed by atoms with Gasteiger partial charge in [0.25, 0.3) is 0 Å². The van der Waals surface area contributed by atoms with E-state index in [0.29, 0.717) is 24.1 Å². The second-order valence-corrected chi connectivity index (χ2v) is 4.60. The third kappa shape index (κ3) is 2.71. The first-order valence-electron chi connectivity index (χ1n) is 5.17. The molecule has 0 radical (unpaired) electrons. The average Bonchev–Trinajstić information content (AvgIpc) is 2.81. The number of hydrogen-bond acceptors (Lipinski definition) is 3. The number of anilines is 1. The Kier molecular flexibility index (Phi) is 3.54. The van der Waals surface area contributed by atoms with Gasteiger partial charge < -0.3 is 4.90 Å². The zero-order valence-electron chi connectivity index (χ0n) is 9.39. The molecule has 17 heavy (non-hydrogen) atoms. The van der Waals surface area contributed by atoms with Crippen molar-refractivity contribution in [3.63, 3.8) is 0 Å². The van der Waals surface area contributed by atoms with Crippen LogP contribution in [0, 0.1) is 5.82 Å². The van der Waals surface area contributed by atoms with Crippen molar-refractivity contribution in [2.75, 3.05) is 11.9 Å². The number of rotatable bonds is 4. The van der Waals surface area contributed by atoms with Crippen molar-refractivity contribution in [2.24, 2.45) is 0 Å². The van der Waals surface area contributed by atoms with E-state index >= 15 is 0 Å². The number of halogens is 1. The van der Waals surface area contributed by atoms with Gasteiger partial charge in [0.05, 0.1) is 5.69 Å². The summed E-state index contributed by atoms with van der Waals surface area (Å²) in [5.41, 5.74) is 2.01. The monoisotopic (exact) mass is 249 g/mol. The van der Waals surface area contributed by atoms with E-state index in [1.807, 2.05) is 28.8 Å². The number of benzene rings is 1. The Bertz CT molecular complexity index is 510. The second-order valence-electron chi connectivity index (χ2n) is 3.82. The van der Waals surface area contributed by atoms with E-state index in [1.165, 1.54) is 6.07 Å². The molecule has 1 heterocycles. The Labute approximate surface area is 103 Å². The molecule has 0 bridgehead atoms. The van der Waals surface area contributed by atoms with Gasteiger partial charge in [0.15, 0.2) is 0 Å². The van der Waals surface area contributed by atoms with Crippen LogP contribution < -0.4 is 4.90 Å². The van der Waals surface area contributed by atoms with Crippen LogP contribution in [-0.2, 0) is 6.54 Å². The second kappa shape index (κ2) is 5.10. The van der Waals surface area contributed by atoms with Crippen molar-refractivity contribution in [3.05, 3.63) is 52.0 Å². The number of hydrogen-bond donors (Lipinski definition) is 0. The van der Waals surface area contributed by atoms with Gasteiger partial charge in [-0.15, -0.1) is 0 Å². The maximum Gasteiger partial charge on any atom is 0.150 e. The van der Waals surface area contributed by atoms with E-state index in [-0.39, 0.29) is 5.82 Å². The van der Waals surface area contributed by atoms with Crippen LogP contribution in [0.2, 0.25) is 0 Å². The average molecular weight is 249 g/mol. The fourth-order valence-corrected chi connectivity index (χ4v) is 2.31. The molecule has 0 unspecified atom stereocenters. The highest BCUT2D eigenvalue weighted by atomic mass is 32.1. The minimum absolute atomic E-state index is 0.357. The number of carbonyl (C=O) groups is 1. The van der Waals surface area contributed by atoms with Crippen LogP contribution in [0.4, 0.5) is 10.1 Å². The van der Waals surface area contributed by atoms with Crippen molar-refractivity contribution in [1.29, 1.82) is 0 Å². The molecule has 0 N–H and O–H groups in total. The van der Waals surface area contributed by atoms with Crippen LogP contribution in [0.25, 0.3) is 0 Å².